The molecule has 26 heavy (non-hydrogen) atoms. The minimum atomic E-state index is 0.406. The van der Waals surface area contributed by atoms with Gasteiger partial charge >= 0.3 is 0 Å². The first-order valence-corrected chi connectivity index (χ1v) is 10.6. The van der Waals surface area contributed by atoms with Crippen molar-refractivity contribution >= 4 is 5.96 Å². The molecule has 1 spiro atoms. The van der Waals surface area contributed by atoms with Crippen molar-refractivity contribution < 1.29 is 9.47 Å². The number of likely N-dealkylation sites (tertiary alicyclic amines) is 1. The summed E-state index contributed by atoms with van der Waals surface area (Å²) in [6.07, 6.45) is 9.25. The molecule has 2 heterocycles. The molecule has 6 heteroatoms. The third kappa shape index (κ3) is 3.36. The highest BCUT2D eigenvalue weighted by Crippen LogP contribution is 2.62. The van der Waals surface area contributed by atoms with Crippen LogP contribution in [-0.2, 0) is 9.47 Å². The number of ether oxygens (including phenoxy) is 2. The van der Waals surface area contributed by atoms with Crippen molar-refractivity contribution in [1.82, 2.24) is 15.5 Å². The first-order valence-electron chi connectivity index (χ1n) is 10.6. The van der Waals surface area contributed by atoms with Crippen LogP contribution in [0.4, 0.5) is 0 Å². The van der Waals surface area contributed by atoms with E-state index in [1.165, 1.54) is 51.6 Å². The second kappa shape index (κ2) is 8.03. The summed E-state index contributed by atoms with van der Waals surface area (Å²) in [6.45, 7) is 5.31. The van der Waals surface area contributed by atoms with Gasteiger partial charge in [-0.05, 0) is 38.5 Å². The second-order valence-electron chi connectivity index (χ2n) is 8.63. The highest BCUT2D eigenvalue weighted by atomic mass is 16.5. The van der Waals surface area contributed by atoms with E-state index in [9.17, 15) is 0 Å². The van der Waals surface area contributed by atoms with Gasteiger partial charge in [-0.2, -0.15) is 0 Å². The van der Waals surface area contributed by atoms with Gasteiger partial charge in [0.2, 0.25) is 0 Å². The molecular weight excluding hydrogens is 328 g/mol. The average molecular weight is 365 g/mol. The molecule has 0 aromatic carbocycles. The molecule has 2 N–H and O–H groups in total. The van der Waals surface area contributed by atoms with Crippen molar-refractivity contribution in [3.05, 3.63) is 0 Å². The van der Waals surface area contributed by atoms with Crippen LogP contribution in [0, 0.1) is 11.3 Å². The maximum atomic E-state index is 6.04. The number of methoxy groups -OCH3 is 1. The lowest BCUT2D eigenvalue weighted by Gasteiger charge is -2.63. The van der Waals surface area contributed by atoms with E-state index in [0.29, 0.717) is 29.5 Å². The molecule has 0 aromatic rings. The summed E-state index contributed by atoms with van der Waals surface area (Å²) < 4.78 is 11.2. The predicted octanol–water partition coefficient (Wildman–Crippen LogP) is 1.61. The summed E-state index contributed by atoms with van der Waals surface area (Å²) in [5.74, 6) is 1.70. The number of fused-ring (bicyclic) bond motifs is 2. The van der Waals surface area contributed by atoms with Gasteiger partial charge in [-0.1, -0.05) is 6.42 Å². The van der Waals surface area contributed by atoms with Crippen molar-refractivity contribution in [3.63, 3.8) is 0 Å². The third-order valence-electron chi connectivity index (χ3n) is 7.30. The van der Waals surface area contributed by atoms with Crippen molar-refractivity contribution in [2.24, 2.45) is 16.3 Å². The molecule has 4 aliphatic rings. The zero-order valence-corrected chi connectivity index (χ0v) is 16.5. The molecule has 148 valence electrons. The van der Waals surface area contributed by atoms with Gasteiger partial charge in [-0.15, -0.1) is 0 Å². The summed E-state index contributed by atoms with van der Waals surface area (Å²) >= 11 is 0. The molecule has 4 rings (SSSR count). The third-order valence-corrected chi connectivity index (χ3v) is 7.30. The molecule has 0 amide bonds. The van der Waals surface area contributed by atoms with Crippen LogP contribution >= 0.6 is 0 Å². The van der Waals surface area contributed by atoms with Crippen LogP contribution in [0.15, 0.2) is 4.99 Å². The number of hydrogen-bond acceptors (Lipinski definition) is 4. The fraction of sp³-hybridized carbons (Fsp3) is 0.950. The van der Waals surface area contributed by atoms with E-state index < -0.39 is 0 Å². The number of hydrogen-bond donors (Lipinski definition) is 2. The first-order chi connectivity index (χ1) is 12.8. The molecule has 2 saturated carbocycles. The lowest BCUT2D eigenvalue weighted by Crippen LogP contribution is -2.72. The van der Waals surface area contributed by atoms with Crippen LogP contribution in [0.2, 0.25) is 0 Å². The van der Waals surface area contributed by atoms with Gasteiger partial charge < -0.3 is 25.0 Å². The fourth-order valence-electron chi connectivity index (χ4n) is 5.70. The highest BCUT2D eigenvalue weighted by molar-refractivity contribution is 5.80. The van der Waals surface area contributed by atoms with Crippen LogP contribution in [0.25, 0.3) is 0 Å². The molecule has 0 bridgehead atoms. The van der Waals surface area contributed by atoms with Crippen LogP contribution in [0.3, 0.4) is 0 Å². The number of piperidine rings is 1. The quantitative estimate of drug-likeness (QED) is 0.426. The predicted molar refractivity (Wildman–Crippen MR) is 104 cm³/mol. The van der Waals surface area contributed by atoms with Crippen LogP contribution in [-0.4, -0.2) is 76.1 Å². The molecule has 4 fully saturated rings. The van der Waals surface area contributed by atoms with E-state index in [-0.39, 0.29) is 0 Å². The summed E-state index contributed by atoms with van der Waals surface area (Å²) in [4.78, 5) is 7.10. The minimum Gasteiger partial charge on any atom is -0.385 e. The Morgan fingerprint density at radius 2 is 2.04 bits per heavy atom. The van der Waals surface area contributed by atoms with Gasteiger partial charge in [0.05, 0.1) is 6.10 Å². The average Bonchev–Trinajstić information content (AvgIpc) is 3.04. The number of guanidine groups is 1. The molecule has 2 saturated heterocycles. The first kappa shape index (κ1) is 18.5. The van der Waals surface area contributed by atoms with Gasteiger partial charge in [-0.25, -0.2) is 0 Å². The van der Waals surface area contributed by atoms with Crippen molar-refractivity contribution in [2.75, 3.05) is 47.0 Å². The highest BCUT2D eigenvalue weighted by Gasteiger charge is 2.66. The Bertz CT molecular complexity index is 500. The van der Waals surface area contributed by atoms with Crippen LogP contribution < -0.4 is 10.6 Å². The lowest BCUT2D eigenvalue weighted by atomic mass is 9.46. The van der Waals surface area contributed by atoms with E-state index in [0.717, 1.165) is 32.1 Å². The van der Waals surface area contributed by atoms with E-state index in [2.05, 4.69) is 20.5 Å². The Morgan fingerprint density at radius 1 is 1.23 bits per heavy atom. The zero-order valence-electron chi connectivity index (χ0n) is 16.5. The van der Waals surface area contributed by atoms with E-state index >= 15 is 0 Å². The summed E-state index contributed by atoms with van der Waals surface area (Å²) in [5, 5.41) is 7.50. The molecule has 6 nitrogen and oxygen atoms in total. The molecule has 0 aromatic heterocycles. The maximum Gasteiger partial charge on any atom is 0.191 e. The normalized spacial score (nSPS) is 34.2. The maximum absolute atomic E-state index is 6.04. The van der Waals surface area contributed by atoms with Gasteiger partial charge in [0.15, 0.2) is 5.96 Å². The van der Waals surface area contributed by atoms with Gasteiger partial charge in [0.25, 0.3) is 0 Å². The minimum absolute atomic E-state index is 0.406. The topological polar surface area (TPSA) is 58.1 Å². The van der Waals surface area contributed by atoms with E-state index in [1.54, 1.807) is 7.11 Å². The van der Waals surface area contributed by atoms with Crippen molar-refractivity contribution in [3.8, 4) is 0 Å². The second-order valence-corrected chi connectivity index (χ2v) is 8.63. The molecule has 2 aliphatic heterocycles. The Hall–Kier alpha value is -0.850. The Labute approximate surface area is 158 Å². The van der Waals surface area contributed by atoms with Crippen molar-refractivity contribution in [1.29, 1.82) is 0 Å². The molecule has 0 radical (unpaired) electrons. The monoisotopic (exact) mass is 364 g/mol. The Kier molecular flexibility index (Phi) is 5.72. The number of nitrogens with zero attached hydrogens (tertiary/aromatic N) is 2. The van der Waals surface area contributed by atoms with E-state index in [4.69, 9.17) is 9.47 Å². The summed E-state index contributed by atoms with van der Waals surface area (Å²) in [5.41, 5.74) is 0.406. The molecule has 3 unspecified atom stereocenters. The smallest absolute Gasteiger partial charge is 0.191 e. The SMILES string of the molecule is CN=C(NC1CCN(CCCOC)CC1)NC1C2CCOC2C12CCC2. The molecular formula is C20H36N4O2. The van der Waals surface area contributed by atoms with Gasteiger partial charge in [0.1, 0.15) is 0 Å². The van der Waals surface area contributed by atoms with Crippen molar-refractivity contribution in [2.45, 2.75) is 63.1 Å². The Balaban J connectivity index is 1.24. The van der Waals surface area contributed by atoms with Gasteiger partial charge in [0, 0.05) is 70.4 Å². The largest absolute Gasteiger partial charge is 0.385 e. The van der Waals surface area contributed by atoms with Crippen LogP contribution in [0.1, 0.15) is 44.9 Å². The lowest BCUT2D eigenvalue weighted by molar-refractivity contribution is -0.171. The van der Waals surface area contributed by atoms with Crippen LogP contribution in [0.5, 0.6) is 0 Å². The molecule has 2 aliphatic carbocycles. The number of rotatable bonds is 6. The number of nitrogens with one attached hydrogen (secondary N) is 2. The number of aliphatic imine (C=N–C) groups is 1. The molecule has 3 atom stereocenters. The van der Waals surface area contributed by atoms with E-state index in [1.807, 2.05) is 7.05 Å². The van der Waals surface area contributed by atoms with Gasteiger partial charge in [-0.3, -0.25) is 4.99 Å². The summed E-state index contributed by atoms with van der Waals surface area (Å²) in [7, 11) is 3.69. The zero-order chi connectivity index (χ0) is 18.0. The summed E-state index contributed by atoms with van der Waals surface area (Å²) in [6, 6.07) is 1.09. The fourth-order valence-corrected chi connectivity index (χ4v) is 5.70. The Morgan fingerprint density at radius 3 is 2.69 bits per heavy atom. The standard InChI is InChI=1S/C20H36N4O2/c1-21-19(22-15-5-11-24(12-6-15)10-4-13-25-2)23-17-16-7-14-26-18(16)20(17)8-3-9-20/h15-18H,3-14H2,1-2H3,(H2,21,22,23).